The standard InChI is InChI=1S/C19H19F3N8O/c20-19(21,22)14-11-30-13(8-26-16(30)9-25-14)17-23-4-3-15(27-17)28-6-1-2-12(10-28)29-7-5-24-18(29)31/h3-4,8-9,11-12H,1-2,5-7,10H2,(H,24,31). The van der Waals surface area contributed by atoms with Gasteiger partial charge in [-0.1, -0.05) is 0 Å². The number of rotatable bonds is 3. The third-order valence-corrected chi connectivity index (χ3v) is 5.61. The van der Waals surface area contributed by atoms with Gasteiger partial charge in [0, 0.05) is 38.6 Å². The van der Waals surface area contributed by atoms with Gasteiger partial charge in [0.05, 0.1) is 18.4 Å². The van der Waals surface area contributed by atoms with Gasteiger partial charge in [-0.2, -0.15) is 13.2 Å². The largest absolute Gasteiger partial charge is 0.434 e. The van der Waals surface area contributed by atoms with Crippen molar-refractivity contribution in [1.82, 2.24) is 34.6 Å². The average Bonchev–Trinajstić information content (AvgIpc) is 3.39. The van der Waals surface area contributed by atoms with Crippen molar-refractivity contribution < 1.29 is 18.0 Å². The molecule has 12 heteroatoms. The number of nitrogens with zero attached hydrogens (tertiary/aromatic N) is 7. The summed E-state index contributed by atoms with van der Waals surface area (Å²) in [4.78, 5) is 32.4. The van der Waals surface area contributed by atoms with E-state index in [1.165, 1.54) is 10.6 Å². The molecule has 3 aromatic heterocycles. The third-order valence-electron chi connectivity index (χ3n) is 5.61. The van der Waals surface area contributed by atoms with Crippen LogP contribution in [0.4, 0.5) is 23.8 Å². The van der Waals surface area contributed by atoms with Crippen molar-refractivity contribution in [2.75, 3.05) is 31.1 Å². The number of urea groups is 1. The summed E-state index contributed by atoms with van der Waals surface area (Å²) >= 11 is 0. The predicted octanol–water partition coefficient (Wildman–Crippen LogP) is 2.20. The van der Waals surface area contributed by atoms with E-state index >= 15 is 0 Å². The summed E-state index contributed by atoms with van der Waals surface area (Å²) in [7, 11) is 0. The number of nitrogens with one attached hydrogen (secondary N) is 1. The monoisotopic (exact) mass is 432 g/mol. The van der Waals surface area contributed by atoms with E-state index < -0.39 is 11.9 Å². The maximum absolute atomic E-state index is 13.1. The van der Waals surface area contributed by atoms with E-state index in [1.807, 2.05) is 4.90 Å². The van der Waals surface area contributed by atoms with E-state index in [0.717, 1.165) is 31.8 Å². The first-order valence-corrected chi connectivity index (χ1v) is 9.93. The van der Waals surface area contributed by atoms with Gasteiger partial charge in [0.1, 0.15) is 11.5 Å². The number of hydrogen-bond donors (Lipinski definition) is 1. The second kappa shape index (κ2) is 7.36. The molecule has 0 bridgehead atoms. The second-order valence-corrected chi connectivity index (χ2v) is 7.55. The molecule has 1 unspecified atom stereocenters. The van der Waals surface area contributed by atoms with Crippen LogP contribution in [0.2, 0.25) is 0 Å². The lowest BCUT2D eigenvalue weighted by Crippen LogP contribution is -2.49. The molecule has 0 spiro atoms. The Morgan fingerprint density at radius 2 is 2.00 bits per heavy atom. The summed E-state index contributed by atoms with van der Waals surface area (Å²) in [5.74, 6) is 0.930. The maximum atomic E-state index is 13.1. The molecular formula is C19H19F3N8O. The number of aromatic nitrogens is 5. The second-order valence-electron chi connectivity index (χ2n) is 7.55. The summed E-state index contributed by atoms with van der Waals surface area (Å²) in [6.45, 7) is 2.75. The highest BCUT2D eigenvalue weighted by Gasteiger charge is 2.34. The lowest BCUT2D eigenvalue weighted by atomic mass is 10.0. The number of hydrogen-bond acceptors (Lipinski definition) is 6. The molecule has 31 heavy (non-hydrogen) atoms. The van der Waals surface area contributed by atoms with Crippen LogP contribution in [0.15, 0.2) is 30.9 Å². The highest BCUT2D eigenvalue weighted by atomic mass is 19.4. The molecule has 2 aliphatic heterocycles. The summed E-state index contributed by atoms with van der Waals surface area (Å²) < 4.78 is 40.6. The minimum absolute atomic E-state index is 0.0463. The summed E-state index contributed by atoms with van der Waals surface area (Å²) in [5, 5.41) is 2.83. The normalized spacial score (nSPS) is 19.8. The zero-order chi connectivity index (χ0) is 21.6. The fourth-order valence-corrected chi connectivity index (χ4v) is 4.10. The molecule has 5 rings (SSSR count). The first-order chi connectivity index (χ1) is 14.9. The number of anilines is 1. The molecule has 0 aliphatic carbocycles. The van der Waals surface area contributed by atoms with Gasteiger partial charge in [0.25, 0.3) is 0 Å². The van der Waals surface area contributed by atoms with Crippen molar-refractivity contribution in [2.45, 2.75) is 25.1 Å². The van der Waals surface area contributed by atoms with Crippen LogP contribution < -0.4 is 10.2 Å². The molecule has 162 valence electrons. The Morgan fingerprint density at radius 1 is 1.13 bits per heavy atom. The number of carbonyl (C=O) groups excluding carboxylic acids is 1. The number of amides is 2. The Kier molecular flexibility index (Phi) is 4.63. The van der Waals surface area contributed by atoms with Crippen LogP contribution in [0.1, 0.15) is 18.5 Å². The zero-order valence-corrected chi connectivity index (χ0v) is 16.4. The summed E-state index contributed by atoms with van der Waals surface area (Å²) in [5.41, 5.74) is -0.398. The summed E-state index contributed by atoms with van der Waals surface area (Å²) in [6.07, 6.45) is 2.25. The van der Waals surface area contributed by atoms with E-state index in [0.29, 0.717) is 31.1 Å². The van der Waals surface area contributed by atoms with Crippen molar-refractivity contribution in [3.63, 3.8) is 0 Å². The SMILES string of the molecule is O=C1NCCN1C1CCCN(c2ccnc(-c3cnc4cnc(C(F)(F)F)cn34)n2)C1. The quantitative estimate of drug-likeness (QED) is 0.682. The molecule has 2 fully saturated rings. The molecule has 9 nitrogen and oxygen atoms in total. The van der Waals surface area contributed by atoms with Crippen LogP contribution in [0.3, 0.4) is 0 Å². The minimum Gasteiger partial charge on any atom is -0.354 e. The number of carbonyl (C=O) groups is 1. The van der Waals surface area contributed by atoms with Crippen molar-refractivity contribution in [3.8, 4) is 11.5 Å². The Labute approximate surface area is 174 Å². The van der Waals surface area contributed by atoms with E-state index in [2.05, 4.69) is 30.2 Å². The van der Waals surface area contributed by atoms with Crippen LogP contribution in [0, 0.1) is 0 Å². The molecule has 0 radical (unpaired) electrons. The van der Waals surface area contributed by atoms with Gasteiger partial charge < -0.3 is 15.1 Å². The number of piperidine rings is 1. The van der Waals surface area contributed by atoms with Crippen molar-refractivity contribution in [3.05, 3.63) is 36.5 Å². The molecule has 5 heterocycles. The van der Waals surface area contributed by atoms with Gasteiger partial charge >= 0.3 is 12.2 Å². The fourth-order valence-electron chi connectivity index (χ4n) is 4.10. The summed E-state index contributed by atoms with van der Waals surface area (Å²) in [6, 6.07) is 1.81. The Hall–Kier alpha value is -3.44. The van der Waals surface area contributed by atoms with Gasteiger partial charge in [-0.3, -0.25) is 4.40 Å². The molecular weight excluding hydrogens is 413 g/mol. The number of imidazole rings is 1. The molecule has 2 saturated heterocycles. The highest BCUT2D eigenvalue weighted by molar-refractivity contribution is 5.76. The fraction of sp³-hybridized carbons (Fsp3) is 0.421. The van der Waals surface area contributed by atoms with Crippen LogP contribution in [0.5, 0.6) is 0 Å². The van der Waals surface area contributed by atoms with Crippen molar-refractivity contribution >= 4 is 17.5 Å². The first kappa shape index (κ1) is 19.5. The Bertz CT molecular complexity index is 1130. The van der Waals surface area contributed by atoms with Crippen molar-refractivity contribution in [1.29, 1.82) is 0 Å². The smallest absolute Gasteiger partial charge is 0.354 e. The van der Waals surface area contributed by atoms with Gasteiger partial charge in [-0.15, -0.1) is 0 Å². The Balaban J connectivity index is 1.45. The molecule has 1 atom stereocenters. The molecule has 2 aliphatic rings. The number of halogens is 3. The van der Waals surface area contributed by atoms with Crippen LogP contribution in [0.25, 0.3) is 17.2 Å². The van der Waals surface area contributed by atoms with Crippen LogP contribution in [-0.4, -0.2) is 67.5 Å². The van der Waals surface area contributed by atoms with E-state index in [4.69, 9.17) is 0 Å². The van der Waals surface area contributed by atoms with Crippen LogP contribution in [-0.2, 0) is 6.18 Å². The van der Waals surface area contributed by atoms with E-state index in [-0.39, 0.29) is 23.5 Å². The van der Waals surface area contributed by atoms with Crippen molar-refractivity contribution in [2.24, 2.45) is 0 Å². The third kappa shape index (κ3) is 3.62. The average molecular weight is 432 g/mol. The van der Waals surface area contributed by atoms with Gasteiger partial charge in [0.2, 0.25) is 0 Å². The number of alkyl halides is 3. The number of fused-ring (bicyclic) bond motifs is 1. The highest BCUT2D eigenvalue weighted by Crippen LogP contribution is 2.29. The van der Waals surface area contributed by atoms with Crippen LogP contribution >= 0.6 is 0 Å². The lowest BCUT2D eigenvalue weighted by Gasteiger charge is -2.37. The van der Waals surface area contributed by atoms with E-state index in [1.54, 1.807) is 12.3 Å². The minimum atomic E-state index is -4.57. The predicted molar refractivity (Wildman–Crippen MR) is 104 cm³/mol. The zero-order valence-electron chi connectivity index (χ0n) is 16.4. The van der Waals surface area contributed by atoms with E-state index in [9.17, 15) is 18.0 Å². The Morgan fingerprint density at radius 3 is 2.77 bits per heavy atom. The molecule has 0 saturated carbocycles. The maximum Gasteiger partial charge on any atom is 0.434 e. The molecule has 0 aromatic carbocycles. The lowest BCUT2D eigenvalue weighted by molar-refractivity contribution is -0.141. The van der Waals surface area contributed by atoms with Gasteiger partial charge in [0.15, 0.2) is 17.2 Å². The molecule has 1 N–H and O–H groups in total. The topological polar surface area (TPSA) is 91.5 Å². The van der Waals surface area contributed by atoms with Gasteiger partial charge in [-0.25, -0.2) is 24.7 Å². The van der Waals surface area contributed by atoms with Gasteiger partial charge in [-0.05, 0) is 18.9 Å². The molecule has 2 amide bonds. The first-order valence-electron chi connectivity index (χ1n) is 9.93. The molecule has 3 aromatic rings.